The number of hydrogen-bond donors (Lipinski definition) is 0. The number of hydrogen-bond acceptors (Lipinski definition) is 5. The summed E-state index contributed by atoms with van der Waals surface area (Å²) < 4.78 is 6.30. The molecule has 94 valence electrons. The van der Waals surface area contributed by atoms with Crippen LogP contribution in [0.1, 0.15) is 42.6 Å². The predicted octanol–water partition coefficient (Wildman–Crippen LogP) is 3.96. The maximum atomic E-state index is 5.31. The quantitative estimate of drug-likeness (QED) is 0.796. The largest absolute Gasteiger partial charge is 0.338 e. The maximum absolute atomic E-state index is 5.31. The normalized spacial score (nSPS) is 16.8. The van der Waals surface area contributed by atoms with Gasteiger partial charge in [0.15, 0.2) is 5.82 Å². The summed E-state index contributed by atoms with van der Waals surface area (Å²) in [4.78, 5) is 8.78. The van der Waals surface area contributed by atoms with Gasteiger partial charge >= 0.3 is 0 Å². The Bertz CT molecular complexity index is 556. The lowest BCUT2D eigenvalue weighted by molar-refractivity contribution is 0.375. The van der Waals surface area contributed by atoms with Crippen LogP contribution in [0.3, 0.4) is 0 Å². The molecule has 0 N–H and O–H groups in total. The molecule has 1 atom stereocenters. The second kappa shape index (κ2) is 5.01. The standard InChI is InChI=1S/C12H12BrN3OS/c1-7(18-12-9(13)3-2-6-14-12)11-15-10(16-17-11)8-4-5-8/h2-3,6-8H,4-5H2,1H3. The van der Waals surface area contributed by atoms with E-state index in [1.807, 2.05) is 12.1 Å². The first kappa shape index (κ1) is 12.2. The zero-order valence-electron chi connectivity index (χ0n) is 9.84. The molecule has 0 aliphatic heterocycles. The maximum Gasteiger partial charge on any atom is 0.239 e. The zero-order chi connectivity index (χ0) is 12.5. The second-order valence-corrected chi connectivity index (χ2v) is 6.50. The highest BCUT2D eigenvalue weighted by molar-refractivity contribution is 9.10. The van der Waals surface area contributed by atoms with Gasteiger partial charge in [0.2, 0.25) is 5.89 Å². The van der Waals surface area contributed by atoms with Crippen molar-refractivity contribution in [3.63, 3.8) is 0 Å². The average molecular weight is 326 g/mol. The van der Waals surface area contributed by atoms with Gasteiger partial charge in [0.05, 0.1) is 5.25 Å². The minimum Gasteiger partial charge on any atom is -0.338 e. The molecule has 1 aliphatic carbocycles. The molecule has 18 heavy (non-hydrogen) atoms. The van der Waals surface area contributed by atoms with E-state index in [2.05, 4.69) is 38.0 Å². The van der Waals surface area contributed by atoms with Crippen molar-refractivity contribution in [3.8, 4) is 0 Å². The molecule has 6 heteroatoms. The summed E-state index contributed by atoms with van der Waals surface area (Å²) in [5.41, 5.74) is 0. The monoisotopic (exact) mass is 325 g/mol. The fourth-order valence-electron chi connectivity index (χ4n) is 1.60. The van der Waals surface area contributed by atoms with Gasteiger partial charge in [0.1, 0.15) is 5.03 Å². The van der Waals surface area contributed by atoms with E-state index in [1.54, 1.807) is 18.0 Å². The van der Waals surface area contributed by atoms with Gasteiger partial charge in [-0.15, -0.1) is 0 Å². The Labute approximate surface area is 118 Å². The number of thioether (sulfide) groups is 1. The molecule has 2 aromatic rings. The van der Waals surface area contributed by atoms with Crippen molar-refractivity contribution in [2.24, 2.45) is 0 Å². The number of halogens is 1. The minimum absolute atomic E-state index is 0.108. The predicted molar refractivity (Wildman–Crippen MR) is 72.5 cm³/mol. The Balaban J connectivity index is 1.73. The van der Waals surface area contributed by atoms with Crippen molar-refractivity contribution >= 4 is 27.7 Å². The third kappa shape index (κ3) is 2.59. The van der Waals surface area contributed by atoms with Crippen LogP contribution in [0.15, 0.2) is 32.4 Å². The van der Waals surface area contributed by atoms with Crippen LogP contribution in [0, 0.1) is 0 Å². The minimum atomic E-state index is 0.108. The Morgan fingerprint density at radius 1 is 1.50 bits per heavy atom. The molecule has 1 saturated carbocycles. The van der Waals surface area contributed by atoms with Crippen LogP contribution in [0.2, 0.25) is 0 Å². The first-order chi connectivity index (χ1) is 8.74. The van der Waals surface area contributed by atoms with Crippen molar-refractivity contribution in [1.29, 1.82) is 0 Å². The van der Waals surface area contributed by atoms with Gasteiger partial charge < -0.3 is 4.52 Å². The lowest BCUT2D eigenvalue weighted by atomic mass is 10.4. The van der Waals surface area contributed by atoms with Gasteiger partial charge in [-0.3, -0.25) is 0 Å². The van der Waals surface area contributed by atoms with E-state index < -0.39 is 0 Å². The summed E-state index contributed by atoms with van der Waals surface area (Å²) in [6.07, 6.45) is 4.15. The SMILES string of the molecule is CC(Sc1ncccc1Br)c1nc(C2CC2)no1. The summed E-state index contributed by atoms with van der Waals surface area (Å²) in [7, 11) is 0. The van der Waals surface area contributed by atoms with Crippen LogP contribution in [-0.4, -0.2) is 15.1 Å². The molecule has 1 fully saturated rings. The third-order valence-electron chi connectivity index (χ3n) is 2.76. The van der Waals surface area contributed by atoms with Crippen molar-refractivity contribution < 1.29 is 4.52 Å². The van der Waals surface area contributed by atoms with E-state index in [-0.39, 0.29) is 5.25 Å². The molecule has 2 aromatic heterocycles. The summed E-state index contributed by atoms with van der Waals surface area (Å²) in [6.45, 7) is 2.05. The van der Waals surface area contributed by atoms with Crippen molar-refractivity contribution in [2.75, 3.05) is 0 Å². The second-order valence-electron chi connectivity index (χ2n) is 4.32. The van der Waals surface area contributed by atoms with E-state index in [0.29, 0.717) is 11.8 Å². The molecule has 0 amide bonds. The molecule has 3 rings (SSSR count). The fraction of sp³-hybridized carbons (Fsp3) is 0.417. The highest BCUT2D eigenvalue weighted by Crippen LogP contribution is 2.40. The van der Waals surface area contributed by atoms with Gasteiger partial charge in [-0.1, -0.05) is 16.9 Å². The van der Waals surface area contributed by atoms with Gasteiger partial charge in [-0.2, -0.15) is 4.98 Å². The Morgan fingerprint density at radius 2 is 2.33 bits per heavy atom. The Morgan fingerprint density at radius 3 is 3.06 bits per heavy atom. The van der Waals surface area contributed by atoms with Crippen molar-refractivity contribution in [2.45, 2.75) is 36.0 Å². The van der Waals surface area contributed by atoms with Crippen LogP contribution >= 0.6 is 27.7 Å². The van der Waals surface area contributed by atoms with Gasteiger partial charge in [-0.25, -0.2) is 4.98 Å². The van der Waals surface area contributed by atoms with E-state index in [9.17, 15) is 0 Å². The van der Waals surface area contributed by atoms with E-state index in [4.69, 9.17) is 4.52 Å². The van der Waals surface area contributed by atoms with E-state index in [1.165, 1.54) is 12.8 Å². The van der Waals surface area contributed by atoms with Crippen molar-refractivity contribution in [3.05, 3.63) is 34.5 Å². The first-order valence-electron chi connectivity index (χ1n) is 5.84. The number of rotatable bonds is 4. The summed E-state index contributed by atoms with van der Waals surface area (Å²) in [5, 5.41) is 5.08. The lowest BCUT2D eigenvalue weighted by Crippen LogP contribution is -1.91. The molecule has 4 nitrogen and oxygen atoms in total. The smallest absolute Gasteiger partial charge is 0.239 e. The lowest BCUT2D eigenvalue weighted by Gasteiger charge is -2.06. The molecular weight excluding hydrogens is 314 g/mol. The number of pyridine rings is 1. The van der Waals surface area contributed by atoms with Gasteiger partial charge in [0, 0.05) is 16.6 Å². The van der Waals surface area contributed by atoms with Crippen LogP contribution in [0.4, 0.5) is 0 Å². The van der Waals surface area contributed by atoms with Gasteiger partial charge in [-0.05, 0) is 47.8 Å². The molecule has 0 bridgehead atoms. The molecule has 1 unspecified atom stereocenters. The van der Waals surface area contributed by atoms with Crippen LogP contribution < -0.4 is 0 Å². The average Bonchev–Trinajstić information content (AvgIpc) is 3.10. The molecular formula is C12H12BrN3OS. The molecule has 0 radical (unpaired) electrons. The van der Waals surface area contributed by atoms with Crippen LogP contribution in [-0.2, 0) is 0 Å². The molecule has 0 spiro atoms. The first-order valence-corrected chi connectivity index (χ1v) is 7.52. The third-order valence-corrected chi connectivity index (χ3v) is 4.77. The summed E-state index contributed by atoms with van der Waals surface area (Å²) >= 11 is 5.10. The fourth-order valence-corrected chi connectivity index (χ4v) is 2.96. The topological polar surface area (TPSA) is 51.8 Å². The van der Waals surface area contributed by atoms with Crippen LogP contribution in [0.25, 0.3) is 0 Å². The van der Waals surface area contributed by atoms with Crippen molar-refractivity contribution in [1.82, 2.24) is 15.1 Å². The Hall–Kier alpha value is -0.880. The van der Waals surface area contributed by atoms with Gasteiger partial charge in [0.25, 0.3) is 0 Å². The molecule has 0 saturated heterocycles. The number of aromatic nitrogens is 3. The van der Waals surface area contributed by atoms with E-state index >= 15 is 0 Å². The van der Waals surface area contributed by atoms with Crippen LogP contribution in [0.5, 0.6) is 0 Å². The highest BCUT2D eigenvalue weighted by Gasteiger charge is 2.29. The zero-order valence-corrected chi connectivity index (χ0v) is 12.2. The molecule has 1 aliphatic rings. The summed E-state index contributed by atoms with van der Waals surface area (Å²) in [5.74, 6) is 2.07. The molecule has 0 aromatic carbocycles. The Kier molecular flexibility index (Phi) is 3.39. The summed E-state index contributed by atoms with van der Waals surface area (Å²) in [6, 6.07) is 3.88. The van der Waals surface area contributed by atoms with E-state index in [0.717, 1.165) is 15.3 Å². The molecule has 2 heterocycles. The number of nitrogens with zero attached hydrogens (tertiary/aromatic N) is 3. The highest BCUT2D eigenvalue weighted by atomic mass is 79.9.